The van der Waals surface area contributed by atoms with Gasteiger partial charge in [0.2, 0.25) is 0 Å². The first-order chi connectivity index (χ1) is 8.60. The Morgan fingerprint density at radius 3 is 2.39 bits per heavy atom. The molecule has 0 unspecified atom stereocenters. The zero-order valence-corrected chi connectivity index (χ0v) is 8.92. The Morgan fingerprint density at radius 1 is 1.06 bits per heavy atom. The molecule has 0 spiro atoms. The highest BCUT2D eigenvalue weighted by atomic mass is 19.2. The van der Waals surface area contributed by atoms with Gasteiger partial charge in [-0.25, -0.2) is 18.2 Å². The van der Waals surface area contributed by atoms with Crippen molar-refractivity contribution < 1.29 is 13.2 Å². The fourth-order valence-corrected chi connectivity index (χ4v) is 1.31. The monoisotopic (exact) mass is 249 g/mol. The summed E-state index contributed by atoms with van der Waals surface area (Å²) in [6.45, 7) is 0. The van der Waals surface area contributed by atoms with Crippen LogP contribution in [0.25, 0.3) is 0 Å². The molecule has 3 nitrogen and oxygen atoms in total. The average Bonchev–Trinajstić information content (AvgIpc) is 2.37. The molecule has 2 aromatic rings. The highest BCUT2D eigenvalue weighted by molar-refractivity contribution is 5.59. The molecule has 90 valence electrons. The van der Waals surface area contributed by atoms with Crippen molar-refractivity contribution >= 4 is 11.4 Å². The summed E-state index contributed by atoms with van der Waals surface area (Å²) in [5.41, 5.74) is 0.352. The molecule has 0 amide bonds. The van der Waals surface area contributed by atoms with Crippen LogP contribution in [-0.4, -0.2) is 4.98 Å². The summed E-state index contributed by atoms with van der Waals surface area (Å²) in [5, 5.41) is 11.1. The molecular formula is C12H6F3N3. The molecule has 18 heavy (non-hydrogen) atoms. The molecule has 1 aromatic heterocycles. The van der Waals surface area contributed by atoms with Crippen LogP contribution in [-0.2, 0) is 0 Å². The minimum atomic E-state index is -1.25. The molecule has 0 aliphatic carbocycles. The largest absolute Gasteiger partial charge is 0.352 e. The summed E-state index contributed by atoms with van der Waals surface area (Å²) in [5.74, 6) is -3.32. The third kappa shape index (κ3) is 2.40. The second kappa shape index (κ2) is 4.75. The van der Waals surface area contributed by atoms with Gasteiger partial charge in [-0.1, -0.05) is 0 Å². The summed E-state index contributed by atoms with van der Waals surface area (Å²) in [4.78, 5) is 3.75. The van der Waals surface area contributed by atoms with Gasteiger partial charge in [0.1, 0.15) is 17.6 Å². The van der Waals surface area contributed by atoms with E-state index in [9.17, 15) is 13.2 Å². The number of hydrogen-bond acceptors (Lipinski definition) is 3. The molecule has 0 atom stereocenters. The number of rotatable bonds is 2. The summed E-state index contributed by atoms with van der Waals surface area (Å²) in [6, 6.07) is 5.88. The van der Waals surface area contributed by atoms with Gasteiger partial charge in [-0.3, -0.25) is 0 Å². The Kier molecular flexibility index (Phi) is 3.15. The number of aromatic nitrogens is 1. The predicted octanol–water partition coefficient (Wildman–Crippen LogP) is 3.11. The number of benzene rings is 1. The second-order valence-electron chi connectivity index (χ2n) is 3.42. The Labute approximate surface area is 101 Å². The van der Waals surface area contributed by atoms with Crippen molar-refractivity contribution in [1.29, 1.82) is 5.26 Å². The van der Waals surface area contributed by atoms with Crippen molar-refractivity contribution in [2.75, 3.05) is 5.32 Å². The van der Waals surface area contributed by atoms with E-state index in [1.807, 2.05) is 6.07 Å². The maximum absolute atomic E-state index is 13.3. The first-order valence-corrected chi connectivity index (χ1v) is 4.88. The van der Waals surface area contributed by atoms with Gasteiger partial charge in [-0.05, 0) is 12.1 Å². The summed E-state index contributed by atoms with van der Waals surface area (Å²) >= 11 is 0. The fourth-order valence-electron chi connectivity index (χ4n) is 1.31. The highest BCUT2D eigenvalue weighted by Crippen LogP contribution is 2.22. The SMILES string of the molecule is N#Cc1ccc(Nc2cc(F)c(F)cc2F)cn1. The first-order valence-electron chi connectivity index (χ1n) is 4.88. The van der Waals surface area contributed by atoms with Gasteiger partial charge in [-0.15, -0.1) is 0 Å². The zero-order chi connectivity index (χ0) is 13.1. The summed E-state index contributed by atoms with van der Waals surface area (Å²) in [7, 11) is 0. The van der Waals surface area contributed by atoms with Crippen molar-refractivity contribution in [3.8, 4) is 6.07 Å². The maximum Gasteiger partial charge on any atom is 0.161 e. The number of nitriles is 1. The van der Waals surface area contributed by atoms with E-state index in [4.69, 9.17) is 5.26 Å². The van der Waals surface area contributed by atoms with Crippen LogP contribution in [0.2, 0.25) is 0 Å². The molecule has 0 aliphatic heterocycles. The zero-order valence-electron chi connectivity index (χ0n) is 8.92. The first kappa shape index (κ1) is 11.9. The number of hydrogen-bond donors (Lipinski definition) is 1. The molecule has 0 saturated carbocycles. The number of nitrogens with zero attached hydrogens (tertiary/aromatic N) is 2. The van der Waals surface area contributed by atoms with E-state index in [0.717, 1.165) is 0 Å². The van der Waals surface area contributed by atoms with Crippen LogP contribution in [0.5, 0.6) is 0 Å². The standard InChI is InChI=1S/C12H6F3N3/c13-9-3-11(15)12(4-10(9)14)18-8-2-1-7(5-16)17-6-8/h1-4,6,18H. The molecule has 1 N–H and O–H groups in total. The number of halogens is 3. The topological polar surface area (TPSA) is 48.7 Å². The minimum Gasteiger partial charge on any atom is -0.352 e. The van der Waals surface area contributed by atoms with Crippen molar-refractivity contribution in [3.05, 3.63) is 53.6 Å². The minimum absolute atomic E-state index is 0.200. The quantitative estimate of drug-likeness (QED) is 0.832. The van der Waals surface area contributed by atoms with E-state index < -0.39 is 17.5 Å². The van der Waals surface area contributed by atoms with Crippen molar-refractivity contribution in [2.45, 2.75) is 0 Å². The number of pyridine rings is 1. The fraction of sp³-hybridized carbons (Fsp3) is 0. The van der Waals surface area contributed by atoms with Gasteiger partial charge in [0.05, 0.1) is 17.6 Å². The number of anilines is 2. The smallest absolute Gasteiger partial charge is 0.161 e. The van der Waals surface area contributed by atoms with Crippen LogP contribution in [0.1, 0.15) is 5.69 Å². The van der Waals surface area contributed by atoms with Gasteiger partial charge >= 0.3 is 0 Å². The van der Waals surface area contributed by atoms with Crippen LogP contribution < -0.4 is 5.32 Å². The lowest BCUT2D eigenvalue weighted by Crippen LogP contribution is -1.97. The molecule has 0 aliphatic rings. The number of nitrogens with one attached hydrogen (secondary N) is 1. The molecule has 6 heteroatoms. The van der Waals surface area contributed by atoms with E-state index in [2.05, 4.69) is 10.3 Å². The molecule has 0 radical (unpaired) electrons. The van der Waals surface area contributed by atoms with Gasteiger partial charge in [-0.2, -0.15) is 5.26 Å². The van der Waals surface area contributed by atoms with E-state index in [1.165, 1.54) is 18.3 Å². The van der Waals surface area contributed by atoms with Crippen molar-refractivity contribution in [1.82, 2.24) is 4.98 Å². The van der Waals surface area contributed by atoms with Crippen LogP contribution >= 0.6 is 0 Å². The molecule has 0 bridgehead atoms. The van der Waals surface area contributed by atoms with Gasteiger partial charge in [0.15, 0.2) is 11.6 Å². The third-order valence-electron chi connectivity index (χ3n) is 2.17. The second-order valence-corrected chi connectivity index (χ2v) is 3.42. The van der Waals surface area contributed by atoms with Gasteiger partial charge < -0.3 is 5.32 Å². The lowest BCUT2D eigenvalue weighted by molar-refractivity contribution is 0.496. The van der Waals surface area contributed by atoms with Gasteiger partial charge in [0, 0.05) is 12.1 Å². The highest BCUT2D eigenvalue weighted by Gasteiger charge is 2.09. The van der Waals surface area contributed by atoms with Crippen molar-refractivity contribution in [2.24, 2.45) is 0 Å². The summed E-state index contributed by atoms with van der Waals surface area (Å²) in [6.07, 6.45) is 1.29. The molecule has 2 rings (SSSR count). The Morgan fingerprint density at radius 2 is 1.78 bits per heavy atom. The molecule has 0 saturated heterocycles. The van der Waals surface area contributed by atoms with Crippen LogP contribution in [0, 0.1) is 28.8 Å². The Balaban J connectivity index is 2.28. The third-order valence-corrected chi connectivity index (χ3v) is 2.17. The lowest BCUT2D eigenvalue weighted by Gasteiger charge is -2.07. The summed E-state index contributed by atoms with van der Waals surface area (Å²) < 4.78 is 39.0. The predicted molar refractivity (Wildman–Crippen MR) is 58.6 cm³/mol. The van der Waals surface area contributed by atoms with Crippen molar-refractivity contribution in [3.63, 3.8) is 0 Å². The molecule has 1 aromatic carbocycles. The van der Waals surface area contributed by atoms with Crippen LogP contribution in [0.15, 0.2) is 30.5 Å². The Bertz CT molecular complexity index is 618. The lowest BCUT2D eigenvalue weighted by atomic mass is 10.2. The van der Waals surface area contributed by atoms with Crippen LogP contribution in [0.3, 0.4) is 0 Å². The average molecular weight is 249 g/mol. The van der Waals surface area contributed by atoms with Gasteiger partial charge in [0.25, 0.3) is 0 Å². The van der Waals surface area contributed by atoms with E-state index in [1.54, 1.807) is 0 Å². The normalized spacial score (nSPS) is 9.89. The molecule has 0 fully saturated rings. The Hall–Kier alpha value is -2.55. The molecular weight excluding hydrogens is 243 g/mol. The van der Waals surface area contributed by atoms with E-state index >= 15 is 0 Å². The van der Waals surface area contributed by atoms with E-state index in [-0.39, 0.29) is 11.4 Å². The molecule has 1 heterocycles. The van der Waals surface area contributed by atoms with E-state index in [0.29, 0.717) is 17.8 Å². The maximum atomic E-state index is 13.3. The van der Waals surface area contributed by atoms with Crippen LogP contribution in [0.4, 0.5) is 24.5 Å².